The van der Waals surface area contributed by atoms with E-state index in [9.17, 15) is 9.59 Å². The topological polar surface area (TPSA) is 71.1 Å². The van der Waals surface area contributed by atoms with E-state index >= 15 is 0 Å². The molecule has 2 amide bonds. The smallest absolute Gasteiger partial charge is 0.255 e. The van der Waals surface area contributed by atoms with Crippen LogP contribution in [0.25, 0.3) is 0 Å². The average molecular weight is 476 g/mol. The number of benzene rings is 2. The van der Waals surface area contributed by atoms with Gasteiger partial charge in [-0.3, -0.25) is 9.59 Å². The standard InChI is InChI=1S/C22H26BrN3O4/c1-25-8-10-26(11-9-25)22(28)17-4-3-5-18(14-17)24-21(27)16-6-7-20(19(23)15-16)30-13-12-29-2/h3-7,14-15H,8-13H2,1-2H3,(H,24,27). The highest BCUT2D eigenvalue weighted by atomic mass is 79.9. The highest BCUT2D eigenvalue weighted by molar-refractivity contribution is 9.10. The molecule has 160 valence electrons. The summed E-state index contributed by atoms with van der Waals surface area (Å²) in [4.78, 5) is 29.5. The van der Waals surface area contributed by atoms with Crippen LogP contribution in [0.5, 0.6) is 5.75 Å². The van der Waals surface area contributed by atoms with Crippen molar-refractivity contribution >= 4 is 33.4 Å². The van der Waals surface area contributed by atoms with Gasteiger partial charge in [-0.05, 0) is 59.4 Å². The summed E-state index contributed by atoms with van der Waals surface area (Å²) in [5.41, 5.74) is 1.63. The minimum Gasteiger partial charge on any atom is -0.490 e. The first-order chi connectivity index (χ1) is 14.5. The molecule has 0 saturated carbocycles. The zero-order valence-electron chi connectivity index (χ0n) is 17.2. The van der Waals surface area contributed by atoms with Crippen molar-refractivity contribution in [2.75, 3.05) is 58.9 Å². The van der Waals surface area contributed by atoms with E-state index in [1.54, 1.807) is 49.6 Å². The second-order valence-corrected chi connectivity index (χ2v) is 7.97. The van der Waals surface area contributed by atoms with Crippen molar-refractivity contribution in [2.24, 2.45) is 0 Å². The lowest BCUT2D eigenvalue weighted by atomic mass is 10.1. The zero-order valence-corrected chi connectivity index (χ0v) is 18.8. The first-order valence-electron chi connectivity index (χ1n) is 9.78. The van der Waals surface area contributed by atoms with Gasteiger partial charge in [0.2, 0.25) is 0 Å². The summed E-state index contributed by atoms with van der Waals surface area (Å²) in [7, 11) is 3.66. The number of nitrogens with one attached hydrogen (secondary N) is 1. The second kappa shape index (κ2) is 10.6. The van der Waals surface area contributed by atoms with Crippen LogP contribution in [0.2, 0.25) is 0 Å². The van der Waals surface area contributed by atoms with Crippen molar-refractivity contribution in [2.45, 2.75) is 0 Å². The Hall–Kier alpha value is -2.42. The van der Waals surface area contributed by atoms with E-state index in [1.807, 2.05) is 4.90 Å². The molecule has 1 saturated heterocycles. The summed E-state index contributed by atoms with van der Waals surface area (Å²) in [5, 5.41) is 2.86. The largest absolute Gasteiger partial charge is 0.490 e. The molecule has 30 heavy (non-hydrogen) atoms. The summed E-state index contributed by atoms with van der Waals surface area (Å²) >= 11 is 3.43. The molecule has 7 nitrogen and oxygen atoms in total. The molecule has 1 fully saturated rings. The highest BCUT2D eigenvalue weighted by Crippen LogP contribution is 2.26. The van der Waals surface area contributed by atoms with Crippen molar-refractivity contribution < 1.29 is 19.1 Å². The number of carbonyl (C=O) groups excluding carboxylic acids is 2. The maximum atomic E-state index is 12.8. The first kappa shape index (κ1) is 22.3. The zero-order chi connectivity index (χ0) is 21.5. The number of halogens is 1. The monoisotopic (exact) mass is 475 g/mol. The number of amides is 2. The third kappa shape index (κ3) is 5.81. The van der Waals surface area contributed by atoms with Crippen molar-refractivity contribution in [1.82, 2.24) is 9.80 Å². The molecule has 1 aliphatic rings. The van der Waals surface area contributed by atoms with Gasteiger partial charge in [0, 0.05) is 50.1 Å². The number of anilines is 1. The molecule has 3 rings (SSSR count). The van der Waals surface area contributed by atoms with Crippen LogP contribution in [-0.4, -0.2) is 75.2 Å². The number of hydrogen-bond acceptors (Lipinski definition) is 5. The Morgan fingerprint density at radius 3 is 2.50 bits per heavy atom. The number of rotatable bonds is 7. The van der Waals surface area contributed by atoms with E-state index in [0.717, 1.165) is 13.1 Å². The van der Waals surface area contributed by atoms with E-state index in [2.05, 4.69) is 33.2 Å². The van der Waals surface area contributed by atoms with Gasteiger partial charge < -0.3 is 24.6 Å². The molecule has 2 aromatic carbocycles. The summed E-state index contributed by atoms with van der Waals surface area (Å²) in [6, 6.07) is 12.2. The number of carbonyl (C=O) groups is 2. The molecule has 0 aliphatic carbocycles. The highest BCUT2D eigenvalue weighted by Gasteiger charge is 2.20. The number of likely N-dealkylation sites (N-methyl/N-ethyl adjacent to an activating group) is 1. The molecule has 0 bridgehead atoms. The van der Waals surface area contributed by atoms with Crippen LogP contribution in [0.15, 0.2) is 46.9 Å². The van der Waals surface area contributed by atoms with E-state index in [4.69, 9.17) is 9.47 Å². The van der Waals surface area contributed by atoms with Gasteiger partial charge in [-0.1, -0.05) is 6.07 Å². The molecule has 0 aromatic heterocycles. The van der Waals surface area contributed by atoms with Crippen LogP contribution >= 0.6 is 15.9 Å². The summed E-state index contributed by atoms with van der Waals surface area (Å²) in [6.45, 7) is 4.05. The van der Waals surface area contributed by atoms with Gasteiger partial charge in [0.25, 0.3) is 11.8 Å². The Morgan fingerprint density at radius 1 is 1.03 bits per heavy atom. The van der Waals surface area contributed by atoms with Crippen LogP contribution in [-0.2, 0) is 4.74 Å². The van der Waals surface area contributed by atoms with Crippen LogP contribution in [0, 0.1) is 0 Å². The van der Waals surface area contributed by atoms with E-state index in [0.29, 0.717) is 53.3 Å². The molecule has 2 aromatic rings. The molecule has 0 unspecified atom stereocenters. The van der Waals surface area contributed by atoms with Gasteiger partial charge in [-0.2, -0.15) is 0 Å². The van der Waals surface area contributed by atoms with Gasteiger partial charge in [0.05, 0.1) is 11.1 Å². The van der Waals surface area contributed by atoms with Crippen molar-refractivity contribution in [1.29, 1.82) is 0 Å². The second-order valence-electron chi connectivity index (χ2n) is 7.12. The lowest BCUT2D eigenvalue weighted by Crippen LogP contribution is -2.47. The molecular weight excluding hydrogens is 450 g/mol. The molecule has 0 atom stereocenters. The van der Waals surface area contributed by atoms with Gasteiger partial charge >= 0.3 is 0 Å². The fraction of sp³-hybridized carbons (Fsp3) is 0.364. The lowest BCUT2D eigenvalue weighted by Gasteiger charge is -2.32. The molecule has 1 aliphatic heterocycles. The fourth-order valence-corrected chi connectivity index (χ4v) is 3.61. The molecule has 1 N–H and O–H groups in total. The predicted molar refractivity (Wildman–Crippen MR) is 119 cm³/mol. The number of nitrogens with zero attached hydrogens (tertiary/aromatic N) is 2. The minimum atomic E-state index is -0.261. The van der Waals surface area contributed by atoms with Gasteiger partial charge in [0.1, 0.15) is 12.4 Å². The van der Waals surface area contributed by atoms with Crippen LogP contribution < -0.4 is 10.1 Å². The average Bonchev–Trinajstić information content (AvgIpc) is 2.75. The van der Waals surface area contributed by atoms with E-state index in [-0.39, 0.29) is 11.8 Å². The first-order valence-corrected chi connectivity index (χ1v) is 10.6. The Balaban J connectivity index is 1.65. The molecular formula is C22H26BrN3O4. The maximum Gasteiger partial charge on any atom is 0.255 e. The predicted octanol–water partition coefficient (Wildman–Crippen LogP) is 3.11. The number of hydrogen-bond donors (Lipinski definition) is 1. The Morgan fingerprint density at radius 2 is 1.80 bits per heavy atom. The van der Waals surface area contributed by atoms with E-state index in [1.165, 1.54) is 0 Å². The van der Waals surface area contributed by atoms with Gasteiger partial charge in [-0.25, -0.2) is 0 Å². The van der Waals surface area contributed by atoms with Crippen LogP contribution in [0.1, 0.15) is 20.7 Å². The van der Waals surface area contributed by atoms with Crippen LogP contribution in [0.3, 0.4) is 0 Å². The fourth-order valence-electron chi connectivity index (χ4n) is 3.12. The number of ether oxygens (including phenoxy) is 2. The Labute approximate surface area is 185 Å². The van der Waals surface area contributed by atoms with E-state index < -0.39 is 0 Å². The Bertz CT molecular complexity index is 898. The quantitative estimate of drug-likeness (QED) is 0.622. The normalized spacial score (nSPS) is 14.4. The number of methoxy groups -OCH3 is 1. The Kier molecular flexibility index (Phi) is 7.84. The van der Waals surface area contributed by atoms with Crippen LogP contribution in [0.4, 0.5) is 5.69 Å². The summed E-state index contributed by atoms with van der Waals surface area (Å²) in [6.07, 6.45) is 0. The van der Waals surface area contributed by atoms with Crippen molar-refractivity contribution in [3.8, 4) is 5.75 Å². The van der Waals surface area contributed by atoms with Crippen molar-refractivity contribution in [3.63, 3.8) is 0 Å². The SMILES string of the molecule is COCCOc1ccc(C(=O)Nc2cccc(C(=O)N3CCN(C)CC3)c2)cc1Br. The lowest BCUT2D eigenvalue weighted by molar-refractivity contribution is 0.0664. The number of piperazine rings is 1. The van der Waals surface area contributed by atoms with Crippen molar-refractivity contribution in [3.05, 3.63) is 58.1 Å². The minimum absolute atomic E-state index is 0.0143. The summed E-state index contributed by atoms with van der Waals surface area (Å²) < 4.78 is 11.2. The molecule has 0 radical (unpaired) electrons. The van der Waals surface area contributed by atoms with Gasteiger partial charge in [0.15, 0.2) is 0 Å². The maximum absolute atomic E-state index is 12.8. The van der Waals surface area contributed by atoms with Gasteiger partial charge in [-0.15, -0.1) is 0 Å². The third-order valence-electron chi connectivity index (χ3n) is 4.90. The molecule has 1 heterocycles. The summed E-state index contributed by atoms with van der Waals surface area (Å²) in [5.74, 6) is 0.367. The molecule has 0 spiro atoms. The third-order valence-corrected chi connectivity index (χ3v) is 5.52. The molecule has 8 heteroatoms.